The number of hydrogen-bond donors (Lipinski definition) is 1. The van der Waals surface area contributed by atoms with Crippen molar-refractivity contribution in [3.63, 3.8) is 0 Å². The highest BCUT2D eigenvalue weighted by atomic mass is 35.7. The summed E-state index contributed by atoms with van der Waals surface area (Å²) in [6, 6.07) is 7.63. The molecule has 0 bridgehead atoms. The largest absolute Gasteiger partial charge is 0.468 e. The Bertz CT molecular complexity index is 427. The number of para-hydroxylation sites is 1. The van der Waals surface area contributed by atoms with Crippen LogP contribution in [0.1, 0.15) is 20.8 Å². The lowest BCUT2D eigenvalue weighted by molar-refractivity contribution is -0.142. The van der Waals surface area contributed by atoms with Crippen molar-refractivity contribution in [2.24, 2.45) is 0 Å². The van der Waals surface area contributed by atoms with E-state index in [-0.39, 0.29) is 0 Å². The summed E-state index contributed by atoms with van der Waals surface area (Å²) in [4.78, 5) is 11.1. The highest BCUT2D eigenvalue weighted by molar-refractivity contribution is 7.84. The molecule has 1 rings (SSSR count). The zero-order valence-corrected chi connectivity index (χ0v) is 13.1. The van der Waals surface area contributed by atoms with E-state index in [0.717, 1.165) is 0 Å². The van der Waals surface area contributed by atoms with E-state index in [1.165, 1.54) is 14.0 Å². The van der Waals surface area contributed by atoms with E-state index in [1.54, 1.807) is 30.3 Å². The monoisotopic (exact) mass is 307 g/mol. The summed E-state index contributed by atoms with van der Waals surface area (Å²) in [6.07, 6.45) is 0. The first-order valence-corrected chi connectivity index (χ1v) is 8.37. The smallest absolute Gasteiger partial charge is 0.409 e. The lowest BCUT2D eigenvalue weighted by Crippen LogP contribution is -2.32. The van der Waals surface area contributed by atoms with E-state index in [0.29, 0.717) is 5.75 Å². The van der Waals surface area contributed by atoms with Gasteiger partial charge in [0.05, 0.1) is 7.11 Å². The molecular formula is C12H19ClNO4P. The summed E-state index contributed by atoms with van der Waals surface area (Å²) in [5.74, 6) is -0.210. The van der Waals surface area contributed by atoms with Crippen molar-refractivity contribution in [2.75, 3.05) is 7.11 Å². The third-order valence-electron chi connectivity index (χ3n) is 1.87. The van der Waals surface area contributed by atoms with Crippen molar-refractivity contribution >= 4 is 24.1 Å². The molecule has 0 aliphatic carbocycles. The van der Waals surface area contributed by atoms with Gasteiger partial charge in [0, 0.05) is 11.2 Å². The first-order chi connectivity index (χ1) is 8.94. The molecule has 108 valence electrons. The van der Waals surface area contributed by atoms with E-state index in [9.17, 15) is 9.36 Å². The molecule has 19 heavy (non-hydrogen) atoms. The Labute approximate surface area is 118 Å². The van der Waals surface area contributed by atoms with Gasteiger partial charge in [0.25, 0.3) is 0 Å². The van der Waals surface area contributed by atoms with Gasteiger partial charge in [-0.3, -0.25) is 4.79 Å². The number of ether oxygens (including phenoxy) is 1. The van der Waals surface area contributed by atoms with Crippen LogP contribution in [-0.2, 0) is 14.1 Å². The number of esters is 1. The van der Waals surface area contributed by atoms with Crippen LogP contribution in [0.15, 0.2) is 30.3 Å². The normalized spacial score (nSPS) is 14.4. The SMILES string of the molecule is CC.COC(=O)C(C)NP(=O)(Cl)Oc1ccccc1. The lowest BCUT2D eigenvalue weighted by atomic mass is 10.3. The standard InChI is InChI=1S/C10H13ClNO4P.C2H6/c1-8(10(13)15-2)12-17(11,14)16-9-6-4-3-5-7-9;1-2/h3-8H,1-2H3,(H,12,14);1-2H3. The number of benzene rings is 1. The Morgan fingerprint density at radius 1 is 1.32 bits per heavy atom. The highest BCUT2D eigenvalue weighted by Crippen LogP contribution is 2.48. The molecule has 0 radical (unpaired) electrons. The lowest BCUT2D eigenvalue weighted by Gasteiger charge is -2.17. The van der Waals surface area contributed by atoms with Gasteiger partial charge >= 0.3 is 12.8 Å². The van der Waals surface area contributed by atoms with Gasteiger partial charge in [-0.15, -0.1) is 0 Å². The fourth-order valence-corrected chi connectivity index (χ4v) is 2.80. The van der Waals surface area contributed by atoms with Gasteiger partial charge in [0.1, 0.15) is 11.8 Å². The molecule has 5 nitrogen and oxygen atoms in total. The number of hydrogen-bond acceptors (Lipinski definition) is 4. The molecule has 0 aliphatic rings. The topological polar surface area (TPSA) is 64.6 Å². The average molecular weight is 308 g/mol. The van der Waals surface area contributed by atoms with Crippen LogP contribution in [0.3, 0.4) is 0 Å². The highest BCUT2D eigenvalue weighted by Gasteiger charge is 2.27. The predicted molar refractivity (Wildman–Crippen MR) is 76.5 cm³/mol. The fraction of sp³-hybridized carbons (Fsp3) is 0.417. The number of nitrogens with one attached hydrogen (secondary N) is 1. The quantitative estimate of drug-likeness (QED) is 0.665. The number of rotatable bonds is 5. The van der Waals surface area contributed by atoms with Crippen LogP contribution in [0.2, 0.25) is 0 Å². The molecule has 2 unspecified atom stereocenters. The molecule has 0 fully saturated rings. The molecule has 0 saturated heterocycles. The molecule has 0 amide bonds. The predicted octanol–water partition coefficient (Wildman–Crippen LogP) is 3.59. The average Bonchev–Trinajstić information content (AvgIpc) is 2.40. The Balaban J connectivity index is 0.00000154. The van der Waals surface area contributed by atoms with E-state index in [1.807, 2.05) is 13.8 Å². The molecule has 2 atom stereocenters. The van der Waals surface area contributed by atoms with Crippen LogP contribution >= 0.6 is 18.1 Å². The zero-order chi connectivity index (χ0) is 14.9. The van der Waals surface area contributed by atoms with Crippen LogP contribution in [0.4, 0.5) is 0 Å². The molecular weight excluding hydrogens is 289 g/mol. The maximum atomic E-state index is 11.8. The molecule has 7 heteroatoms. The second-order valence-corrected chi connectivity index (χ2v) is 5.99. The van der Waals surface area contributed by atoms with Crippen LogP contribution in [0, 0.1) is 0 Å². The number of carbonyl (C=O) groups is 1. The minimum absolute atomic E-state index is 0.357. The summed E-state index contributed by atoms with van der Waals surface area (Å²) in [5, 5.41) is 2.38. The van der Waals surface area contributed by atoms with E-state index in [4.69, 9.17) is 15.8 Å². The molecule has 0 aliphatic heterocycles. The zero-order valence-electron chi connectivity index (χ0n) is 11.4. The van der Waals surface area contributed by atoms with Crippen molar-refractivity contribution in [3.8, 4) is 5.75 Å². The maximum absolute atomic E-state index is 11.8. The van der Waals surface area contributed by atoms with E-state index >= 15 is 0 Å². The Hall–Kier alpha value is -1.03. The molecule has 0 saturated carbocycles. The Morgan fingerprint density at radius 3 is 2.32 bits per heavy atom. The molecule has 1 aromatic carbocycles. The van der Waals surface area contributed by atoms with Crippen LogP contribution in [0.25, 0.3) is 0 Å². The van der Waals surface area contributed by atoms with Crippen LogP contribution in [-0.4, -0.2) is 19.1 Å². The minimum Gasteiger partial charge on any atom is -0.468 e. The van der Waals surface area contributed by atoms with Gasteiger partial charge < -0.3 is 9.26 Å². The second-order valence-electron chi connectivity index (χ2n) is 3.26. The van der Waals surface area contributed by atoms with Crippen molar-refractivity contribution in [1.29, 1.82) is 0 Å². The summed E-state index contributed by atoms with van der Waals surface area (Å²) < 4.78 is 21.4. The first-order valence-electron chi connectivity index (χ1n) is 5.84. The molecule has 1 N–H and O–H groups in total. The van der Waals surface area contributed by atoms with Gasteiger partial charge in [-0.25, -0.2) is 9.65 Å². The number of carbonyl (C=O) groups excluding carboxylic acids is 1. The summed E-state index contributed by atoms with van der Waals surface area (Å²) >= 11 is 5.68. The van der Waals surface area contributed by atoms with Crippen molar-refractivity contribution < 1.29 is 18.6 Å². The number of halogens is 1. The third-order valence-corrected chi connectivity index (χ3v) is 3.51. The molecule has 0 heterocycles. The van der Waals surface area contributed by atoms with E-state index in [2.05, 4.69) is 9.82 Å². The first kappa shape index (κ1) is 18.0. The summed E-state index contributed by atoms with van der Waals surface area (Å²) in [6.45, 7) is 1.87. The van der Waals surface area contributed by atoms with Crippen LogP contribution in [0.5, 0.6) is 5.75 Å². The van der Waals surface area contributed by atoms with Gasteiger partial charge in [0.15, 0.2) is 0 Å². The van der Waals surface area contributed by atoms with Gasteiger partial charge in [0.2, 0.25) is 0 Å². The van der Waals surface area contributed by atoms with Crippen molar-refractivity contribution in [3.05, 3.63) is 30.3 Å². The van der Waals surface area contributed by atoms with Gasteiger partial charge in [-0.2, -0.15) is 0 Å². The Kier molecular flexibility index (Phi) is 8.48. The molecule has 0 spiro atoms. The maximum Gasteiger partial charge on any atom is 0.409 e. The molecule has 0 aromatic heterocycles. The summed E-state index contributed by atoms with van der Waals surface area (Å²) in [7, 11) is 1.23. The van der Waals surface area contributed by atoms with Crippen LogP contribution < -0.4 is 9.61 Å². The van der Waals surface area contributed by atoms with Crippen molar-refractivity contribution in [1.82, 2.24) is 5.09 Å². The molecule has 1 aromatic rings. The minimum atomic E-state index is -3.62. The van der Waals surface area contributed by atoms with Gasteiger partial charge in [-0.1, -0.05) is 32.0 Å². The second kappa shape index (κ2) is 8.97. The summed E-state index contributed by atoms with van der Waals surface area (Å²) in [5.41, 5.74) is 0. The van der Waals surface area contributed by atoms with Crippen molar-refractivity contribution in [2.45, 2.75) is 26.8 Å². The van der Waals surface area contributed by atoms with Gasteiger partial charge in [-0.05, 0) is 19.1 Å². The number of methoxy groups -OCH3 is 1. The Morgan fingerprint density at radius 2 is 1.84 bits per heavy atom. The van der Waals surface area contributed by atoms with E-state index < -0.39 is 18.9 Å². The third kappa shape index (κ3) is 7.21. The fourth-order valence-electron chi connectivity index (χ4n) is 1.10.